The predicted molar refractivity (Wildman–Crippen MR) is 77.5 cm³/mol. The Kier molecular flexibility index (Phi) is 4.04. The smallest absolute Gasteiger partial charge is 0.338 e. The monoisotopic (exact) mass is 325 g/mol. The summed E-state index contributed by atoms with van der Waals surface area (Å²) >= 11 is 4.93. The summed E-state index contributed by atoms with van der Waals surface area (Å²) in [6, 6.07) is 7.45. The molecule has 1 aromatic heterocycles. The van der Waals surface area contributed by atoms with Crippen LogP contribution in [0.15, 0.2) is 39.5 Å². The van der Waals surface area contributed by atoms with Gasteiger partial charge in [-0.05, 0) is 50.5 Å². The van der Waals surface area contributed by atoms with Crippen LogP contribution >= 0.6 is 27.3 Å². The van der Waals surface area contributed by atoms with Crippen LogP contribution < -0.4 is 4.90 Å². The predicted octanol–water partition coefficient (Wildman–Crippen LogP) is 3.85. The number of hydrogen-bond acceptors (Lipinski definition) is 3. The highest BCUT2D eigenvalue weighted by atomic mass is 79.9. The lowest BCUT2D eigenvalue weighted by atomic mass is 10.1. The first-order valence-electron chi connectivity index (χ1n) is 5.33. The van der Waals surface area contributed by atoms with Gasteiger partial charge in [0.1, 0.15) is 0 Å². The van der Waals surface area contributed by atoms with E-state index in [0.717, 1.165) is 0 Å². The highest BCUT2D eigenvalue weighted by molar-refractivity contribution is 9.10. The van der Waals surface area contributed by atoms with Gasteiger partial charge in [-0.3, -0.25) is 0 Å². The van der Waals surface area contributed by atoms with E-state index in [4.69, 9.17) is 0 Å². The standard InChI is InChI=1S/C13H12BrNO2S/c1-15(7-9-5-6-18-8-9)11-4-2-3-10(14)12(11)13(16)17/h2-6,8H,7H2,1H3,(H,16,17). The molecule has 1 aromatic carbocycles. The van der Waals surface area contributed by atoms with Gasteiger partial charge >= 0.3 is 5.97 Å². The molecule has 5 heteroatoms. The first kappa shape index (κ1) is 13.1. The zero-order chi connectivity index (χ0) is 13.1. The van der Waals surface area contributed by atoms with E-state index in [2.05, 4.69) is 21.3 Å². The molecule has 1 heterocycles. The molecule has 0 aliphatic carbocycles. The van der Waals surface area contributed by atoms with Crippen molar-refractivity contribution in [3.05, 3.63) is 50.6 Å². The number of carboxylic acids is 1. The zero-order valence-corrected chi connectivity index (χ0v) is 12.2. The molecule has 0 saturated carbocycles. The van der Waals surface area contributed by atoms with Gasteiger partial charge in [0.15, 0.2) is 0 Å². The summed E-state index contributed by atoms with van der Waals surface area (Å²) in [7, 11) is 1.89. The second kappa shape index (κ2) is 5.54. The van der Waals surface area contributed by atoms with Crippen LogP contribution in [0, 0.1) is 0 Å². The van der Waals surface area contributed by atoms with Crippen molar-refractivity contribution in [1.29, 1.82) is 0 Å². The molecule has 0 amide bonds. The van der Waals surface area contributed by atoms with Crippen LogP contribution in [-0.2, 0) is 6.54 Å². The Morgan fingerprint density at radius 1 is 1.44 bits per heavy atom. The minimum atomic E-state index is -0.922. The van der Waals surface area contributed by atoms with Crippen molar-refractivity contribution in [2.75, 3.05) is 11.9 Å². The van der Waals surface area contributed by atoms with Gasteiger partial charge in [-0.15, -0.1) is 0 Å². The maximum absolute atomic E-state index is 11.3. The Balaban J connectivity index is 2.32. The van der Waals surface area contributed by atoms with Crippen molar-refractivity contribution in [3.8, 4) is 0 Å². The summed E-state index contributed by atoms with van der Waals surface area (Å²) in [5, 5.41) is 13.3. The van der Waals surface area contributed by atoms with E-state index in [0.29, 0.717) is 22.3 Å². The molecule has 0 unspecified atom stereocenters. The number of halogens is 1. The van der Waals surface area contributed by atoms with Gasteiger partial charge < -0.3 is 10.0 Å². The number of carbonyl (C=O) groups is 1. The normalized spacial score (nSPS) is 10.3. The lowest BCUT2D eigenvalue weighted by molar-refractivity contribution is 0.0696. The van der Waals surface area contributed by atoms with Gasteiger partial charge in [-0.2, -0.15) is 11.3 Å². The Morgan fingerprint density at radius 3 is 2.83 bits per heavy atom. The van der Waals surface area contributed by atoms with Crippen molar-refractivity contribution >= 4 is 38.9 Å². The summed E-state index contributed by atoms with van der Waals surface area (Å²) in [5.74, 6) is -0.922. The molecule has 0 aliphatic rings. The first-order chi connectivity index (χ1) is 8.59. The highest BCUT2D eigenvalue weighted by Crippen LogP contribution is 2.28. The molecule has 1 N–H and O–H groups in total. The molecule has 18 heavy (non-hydrogen) atoms. The molecule has 0 saturated heterocycles. The number of rotatable bonds is 4. The second-order valence-electron chi connectivity index (χ2n) is 3.93. The zero-order valence-electron chi connectivity index (χ0n) is 9.76. The van der Waals surface area contributed by atoms with Gasteiger partial charge in [0, 0.05) is 18.1 Å². The molecule has 0 radical (unpaired) electrons. The third-order valence-corrected chi connectivity index (χ3v) is 4.01. The van der Waals surface area contributed by atoms with Crippen LogP contribution in [0.3, 0.4) is 0 Å². The molecule has 3 nitrogen and oxygen atoms in total. The Bertz CT molecular complexity index is 554. The fraction of sp³-hybridized carbons (Fsp3) is 0.154. The van der Waals surface area contributed by atoms with Crippen LogP contribution in [0.2, 0.25) is 0 Å². The SMILES string of the molecule is CN(Cc1ccsc1)c1cccc(Br)c1C(=O)O. The molecular formula is C13H12BrNO2S. The van der Waals surface area contributed by atoms with Crippen molar-refractivity contribution in [2.45, 2.75) is 6.54 Å². The number of aromatic carboxylic acids is 1. The lowest BCUT2D eigenvalue weighted by Gasteiger charge is -2.21. The number of thiophene rings is 1. The second-order valence-corrected chi connectivity index (χ2v) is 5.56. The summed E-state index contributed by atoms with van der Waals surface area (Å²) in [5.41, 5.74) is 2.19. The van der Waals surface area contributed by atoms with Gasteiger partial charge in [0.05, 0.1) is 11.3 Å². The van der Waals surface area contributed by atoms with E-state index in [9.17, 15) is 9.90 Å². The Hall–Kier alpha value is -1.33. The van der Waals surface area contributed by atoms with Gasteiger partial charge in [0.2, 0.25) is 0 Å². The Morgan fingerprint density at radius 2 is 2.22 bits per heavy atom. The van der Waals surface area contributed by atoms with Crippen LogP contribution in [0.4, 0.5) is 5.69 Å². The van der Waals surface area contributed by atoms with E-state index in [1.165, 1.54) is 5.56 Å². The number of hydrogen-bond donors (Lipinski definition) is 1. The lowest BCUT2D eigenvalue weighted by Crippen LogP contribution is -2.19. The van der Waals surface area contributed by atoms with Gasteiger partial charge in [-0.1, -0.05) is 6.07 Å². The van der Waals surface area contributed by atoms with Crippen molar-refractivity contribution in [2.24, 2.45) is 0 Å². The average molecular weight is 326 g/mol. The summed E-state index contributed by atoms with van der Waals surface area (Å²) in [6.07, 6.45) is 0. The summed E-state index contributed by atoms with van der Waals surface area (Å²) < 4.78 is 0.602. The van der Waals surface area contributed by atoms with Crippen LogP contribution in [0.5, 0.6) is 0 Å². The number of benzene rings is 1. The molecule has 0 spiro atoms. The summed E-state index contributed by atoms with van der Waals surface area (Å²) in [6.45, 7) is 0.695. The van der Waals surface area contributed by atoms with E-state index in [1.807, 2.05) is 35.5 Å². The number of carboxylic acid groups (broad SMARTS) is 1. The van der Waals surface area contributed by atoms with Gasteiger partial charge in [-0.25, -0.2) is 4.79 Å². The Labute approximate surface area is 118 Å². The van der Waals surface area contributed by atoms with Gasteiger partial charge in [0.25, 0.3) is 0 Å². The minimum Gasteiger partial charge on any atom is -0.478 e. The van der Waals surface area contributed by atoms with E-state index in [1.54, 1.807) is 17.4 Å². The van der Waals surface area contributed by atoms with Crippen molar-refractivity contribution < 1.29 is 9.90 Å². The molecule has 0 atom stereocenters. The maximum Gasteiger partial charge on any atom is 0.338 e. The largest absolute Gasteiger partial charge is 0.478 e. The molecule has 0 aliphatic heterocycles. The summed E-state index contributed by atoms with van der Waals surface area (Å²) in [4.78, 5) is 13.2. The van der Waals surface area contributed by atoms with Crippen molar-refractivity contribution in [3.63, 3.8) is 0 Å². The fourth-order valence-corrected chi connectivity index (χ4v) is 2.97. The average Bonchev–Trinajstić information content (AvgIpc) is 2.80. The van der Waals surface area contributed by atoms with Crippen LogP contribution in [0.25, 0.3) is 0 Å². The van der Waals surface area contributed by atoms with Crippen molar-refractivity contribution in [1.82, 2.24) is 0 Å². The molecule has 94 valence electrons. The molecule has 2 aromatic rings. The number of anilines is 1. The van der Waals surface area contributed by atoms with Crippen LogP contribution in [0.1, 0.15) is 15.9 Å². The molecule has 0 fully saturated rings. The minimum absolute atomic E-state index is 0.301. The first-order valence-corrected chi connectivity index (χ1v) is 7.07. The maximum atomic E-state index is 11.3. The van der Waals surface area contributed by atoms with Crippen LogP contribution in [-0.4, -0.2) is 18.1 Å². The highest BCUT2D eigenvalue weighted by Gasteiger charge is 2.16. The topological polar surface area (TPSA) is 40.5 Å². The fourth-order valence-electron chi connectivity index (χ4n) is 1.78. The van der Waals surface area contributed by atoms with E-state index >= 15 is 0 Å². The molecule has 0 bridgehead atoms. The quantitative estimate of drug-likeness (QED) is 0.928. The molecule has 2 rings (SSSR count). The molecular weight excluding hydrogens is 314 g/mol. The third-order valence-electron chi connectivity index (χ3n) is 2.62. The number of nitrogens with zero attached hydrogens (tertiary/aromatic N) is 1. The van der Waals surface area contributed by atoms with E-state index < -0.39 is 5.97 Å². The third kappa shape index (κ3) is 2.73. The van der Waals surface area contributed by atoms with E-state index in [-0.39, 0.29) is 0 Å².